The number of hydrogen-bond donors (Lipinski definition) is 1. The number of hydrogen-bond acceptors (Lipinski definition) is 2. The van der Waals surface area contributed by atoms with Crippen molar-refractivity contribution in [2.45, 2.75) is 58.1 Å². The molecule has 1 heterocycles. The number of rotatable bonds is 2. The average molecular weight is 247 g/mol. The molecule has 0 radical (unpaired) electrons. The molecule has 1 N–H and O–H groups in total. The van der Waals surface area contributed by atoms with Crippen molar-refractivity contribution in [2.24, 2.45) is 0 Å². The van der Waals surface area contributed by atoms with Crippen LogP contribution in [0.3, 0.4) is 0 Å². The van der Waals surface area contributed by atoms with Crippen LogP contribution in [0, 0.1) is 0 Å². The maximum atomic E-state index is 5.58. The second-order valence-corrected chi connectivity index (χ2v) is 6.38. The van der Waals surface area contributed by atoms with Gasteiger partial charge in [-0.15, -0.1) is 0 Å². The second kappa shape index (κ2) is 5.31. The zero-order valence-corrected chi connectivity index (χ0v) is 12.0. The molecule has 2 nitrogen and oxygen atoms in total. The van der Waals surface area contributed by atoms with Crippen molar-refractivity contribution in [3.8, 4) is 0 Å². The predicted octanol–water partition coefficient (Wildman–Crippen LogP) is 3.96. The van der Waals surface area contributed by atoms with E-state index in [0.29, 0.717) is 12.1 Å². The van der Waals surface area contributed by atoms with E-state index in [4.69, 9.17) is 4.74 Å². The number of nitrogens with one attached hydrogen (secondary N) is 1. The molecule has 0 bridgehead atoms. The molecule has 0 spiro atoms. The van der Waals surface area contributed by atoms with Gasteiger partial charge in [-0.05, 0) is 42.9 Å². The van der Waals surface area contributed by atoms with E-state index in [2.05, 4.69) is 57.3 Å². The number of anilines is 1. The summed E-state index contributed by atoms with van der Waals surface area (Å²) in [6.07, 6.45) is 2.58. The highest BCUT2D eigenvalue weighted by molar-refractivity contribution is 5.48. The van der Waals surface area contributed by atoms with E-state index in [-0.39, 0.29) is 5.41 Å². The molecule has 0 aromatic heterocycles. The summed E-state index contributed by atoms with van der Waals surface area (Å²) in [5, 5.41) is 3.64. The minimum atomic E-state index is 0.209. The van der Waals surface area contributed by atoms with Crippen LogP contribution in [-0.4, -0.2) is 18.8 Å². The molecule has 1 aromatic rings. The SMILES string of the molecule is C[C@H]1CC(Nc2cccc(C(C)(C)C)c2)CCO1. The van der Waals surface area contributed by atoms with E-state index in [1.807, 2.05) is 0 Å². The fourth-order valence-electron chi connectivity index (χ4n) is 2.44. The lowest BCUT2D eigenvalue weighted by Crippen LogP contribution is -2.32. The Balaban J connectivity index is 2.05. The highest BCUT2D eigenvalue weighted by atomic mass is 16.5. The lowest BCUT2D eigenvalue weighted by molar-refractivity contribution is 0.0232. The molecule has 0 amide bonds. The van der Waals surface area contributed by atoms with E-state index in [1.54, 1.807) is 0 Å². The summed E-state index contributed by atoms with van der Waals surface area (Å²) >= 11 is 0. The van der Waals surface area contributed by atoms with E-state index < -0.39 is 0 Å². The van der Waals surface area contributed by atoms with Gasteiger partial charge in [-0.2, -0.15) is 0 Å². The summed E-state index contributed by atoms with van der Waals surface area (Å²) in [6, 6.07) is 9.34. The highest BCUT2D eigenvalue weighted by Gasteiger charge is 2.19. The Morgan fingerprint density at radius 1 is 1.28 bits per heavy atom. The normalized spacial score (nSPS) is 24.9. The number of ether oxygens (including phenoxy) is 1. The molecule has 100 valence electrons. The molecule has 1 fully saturated rings. The fourth-order valence-corrected chi connectivity index (χ4v) is 2.44. The molecule has 1 unspecified atom stereocenters. The highest BCUT2D eigenvalue weighted by Crippen LogP contribution is 2.26. The predicted molar refractivity (Wildman–Crippen MR) is 77.2 cm³/mol. The molecule has 0 aliphatic carbocycles. The van der Waals surface area contributed by atoms with Crippen molar-refractivity contribution in [1.82, 2.24) is 0 Å². The standard InChI is InChI=1S/C16H25NO/c1-12-10-15(8-9-18-12)17-14-7-5-6-13(11-14)16(2,3)4/h5-7,11-12,15,17H,8-10H2,1-4H3/t12-,15?/m0/s1. The molecule has 2 rings (SSSR count). The maximum Gasteiger partial charge on any atom is 0.0566 e. The first-order chi connectivity index (χ1) is 8.45. The smallest absolute Gasteiger partial charge is 0.0566 e. The van der Waals surface area contributed by atoms with Crippen molar-refractivity contribution in [3.05, 3.63) is 29.8 Å². The van der Waals surface area contributed by atoms with Gasteiger partial charge in [0, 0.05) is 18.3 Å². The quantitative estimate of drug-likeness (QED) is 0.854. The Kier molecular flexibility index (Phi) is 3.96. The fraction of sp³-hybridized carbons (Fsp3) is 0.625. The molecule has 1 aliphatic heterocycles. The van der Waals surface area contributed by atoms with Crippen molar-refractivity contribution >= 4 is 5.69 Å². The molecule has 2 atom stereocenters. The van der Waals surface area contributed by atoms with Gasteiger partial charge < -0.3 is 10.1 Å². The van der Waals surface area contributed by atoms with E-state index in [9.17, 15) is 0 Å². The first kappa shape index (κ1) is 13.4. The Hall–Kier alpha value is -1.02. The maximum absolute atomic E-state index is 5.58. The Morgan fingerprint density at radius 3 is 2.72 bits per heavy atom. The molecule has 1 aliphatic rings. The molecule has 2 heteroatoms. The van der Waals surface area contributed by atoms with Crippen LogP contribution in [0.1, 0.15) is 46.1 Å². The third kappa shape index (κ3) is 3.49. The third-order valence-corrected chi connectivity index (χ3v) is 3.58. The summed E-state index contributed by atoms with van der Waals surface area (Å²) in [7, 11) is 0. The Labute approximate surface area is 111 Å². The Morgan fingerprint density at radius 2 is 2.06 bits per heavy atom. The average Bonchev–Trinajstić information content (AvgIpc) is 2.28. The van der Waals surface area contributed by atoms with Gasteiger partial charge in [-0.25, -0.2) is 0 Å². The van der Waals surface area contributed by atoms with Crippen molar-refractivity contribution in [2.75, 3.05) is 11.9 Å². The number of benzene rings is 1. The summed E-state index contributed by atoms with van der Waals surface area (Å²) in [5.41, 5.74) is 2.83. The van der Waals surface area contributed by atoms with Crippen molar-refractivity contribution < 1.29 is 4.74 Å². The van der Waals surface area contributed by atoms with Crippen molar-refractivity contribution in [3.63, 3.8) is 0 Å². The molecule has 1 saturated heterocycles. The zero-order valence-electron chi connectivity index (χ0n) is 12.0. The van der Waals surface area contributed by atoms with Gasteiger partial charge in [-0.1, -0.05) is 32.9 Å². The van der Waals surface area contributed by atoms with Gasteiger partial charge in [0.1, 0.15) is 0 Å². The van der Waals surface area contributed by atoms with Gasteiger partial charge in [0.05, 0.1) is 6.10 Å². The van der Waals surface area contributed by atoms with Gasteiger partial charge in [-0.3, -0.25) is 0 Å². The second-order valence-electron chi connectivity index (χ2n) is 6.38. The van der Waals surface area contributed by atoms with Crippen LogP contribution in [0.15, 0.2) is 24.3 Å². The van der Waals surface area contributed by atoms with Gasteiger partial charge in [0.25, 0.3) is 0 Å². The summed E-state index contributed by atoms with van der Waals surface area (Å²) in [6.45, 7) is 9.78. The zero-order chi connectivity index (χ0) is 13.2. The van der Waals surface area contributed by atoms with Crippen LogP contribution in [0.5, 0.6) is 0 Å². The van der Waals surface area contributed by atoms with Gasteiger partial charge in [0.2, 0.25) is 0 Å². The first-order valence-corrected chi connectivity index (χ1v) is 6.94. The third-order valence-electron chi connectivity index (χ3n) is 3.58. The summed E-state index contributed by atoms with van der Waals surface area (Å²) in [5.74, 6) is 0. The minimum absolute atomic E-state index is 0.209. The van der Waals surface area contributed by atoms with E-state index in [0.717, 1.165) is 19.4 Å². The van der Waals surface area contributed by atoms with Gasteiger partial charge in [0.15, 0.2) is 0 Å². The molecular weight excluding hydrogens is 222 g/mol. The summed E-state index contributed by atoms with van der Waals surface area (Å²) < 4.78 is 5.58. The van der Waals surface area contributed by atoms with E-state index in [1.165, 1.54) is 11.3 Å². The Bertz CT molecular complexity index is 394. The molecule has 0 saturated carbocycles. The van der Waals surface area contributed by atoms with Crippen molar-refractivity contribution in [1.29, 1.82) is 0 Å². The summed E-state index contributed by atoms with van der Waals surface area (Å²) in [4.78, 5) is 0. The van der Waals surface area contributed by atoms with Crippen LogP contribution in [0.25, 0.3) is 0 Å². The topological polar surface area (TPSA) is 21.3 Å². The first-order valence-electron chi connectivity index (χ1n) is 6.94. The largest absolute Gasteiger partial charge is 0.382 e. The molecule has 18 heavy (non-hydrogen) atoms. The van der Waals surface area contributed by atoms with E-state index >= 15 is 0 Å². The lowest BCUT2D eigenvalue weighted by Gasteiger charge is -2.29. The molecular formula is C16H25NO. The monoisotopic (exact) mass is 247 g/mol. The van der Waals surface area contributed by atoms with Crippen LogP contribution >= 0.6 is 0 Å². The van der Waals surface area contributed by atoms with Crippen LogP contribution in [0.4, 0.5) is 5.69 Å². The van der Waals surface area contributed by atoms with Crippen LogP contribution in [-0.2, 0) is 10.2 Å². The minimum Gasteiger partial charge on any atom is -0.382 e. The lowest BCUT2D eigenvalue weighted by atomic mass is 9.87. The molecule has 1 aromatic carbocycles. The van der Waals surface area contributed by atoms with Crippen LogP contribution < -0.4 is 5.32 Å². The van der Waals surface area contributed by atoms with Crippen LogP contribution in [0.2, 0.25) is 0 Å². The van der Waals surface area contributed by atoms with Gasteiger partial charge >= 0.3 is 0 Å².